The van der Waals surface area contributed by atoms with Crippen LogP contribution in [-0.2, 0) is 9.47 Å². The van der Waals surface area contributed by atoms with Gasteiger partial charge in [-0.3, -0.25) is 9.80 Å². The van der Waals surface area contributed by atoms with Gasteiger partial charge < -0.3 is 9.47 Å². The van der Waals surface area contributed by atoms with Crippen molar-refractivity contribution in [1.82, 2.24) is 9.80 Å². The molecule has 1 atom stereocenters. The fraction of sp³-hybridized carbons (Fsp3) is 1.00. The van der Waals surface area contributed by atoms with Gasteiger partial charge in [0.05, 0.1) is 19.8 Å². The molecule has 4 nitrogen and oxygen atoms in total. The summed E-state index contributed by atoms with van der Waals surface area (Å²) in [4.78, 5) is 4.84. The van der Waals surface area contributed by atoms with Gasteiger partial charge in [0.2, 0.25) is 0 Å². The highest BCUT2D eigenvalue weighted by molar-refractivity contribution is 4.73. The van der Waals surface area contributed by atoms with E-state index in [1.807, 2.05) is 0 Å². The monoisotopic (exact) mass is 200 g/mol. The van der Waals surface area contributed by atoms with Crippen LogP contribution in [0.15, 0.2) is 0 Å². The Morgan fingerprint density at radius 3 is 2.64 bits per heavy atom. The lowest BCUT2D eigenvalue weighted by Crippen LogP contribution is -2.53. The molecule has 0 aromatic rings. The molecule has 2 rings (SSSR count). The number of hydrogen-bond acceptors (Lipinski definition) is 4. The zero-order valence-electron chi connectivity index (χ0n) is 8.95. The van der Waals surface area contributed by atoms with Crippen LogP contribution < -0.4 is 0 Å². The van der Waals surface area contributed by atoms with E-state index in [9.17, 15) is 0 Å². The van der Waals surface area contributed by atoms with Crippen molar-refractivity contribution in [2.75, 3.05) is 52.5 Å². The van der Waals surface area contributed by atoms with Gasteiger partial charge in [0.15, 0.2) is 0 Å². The number of morpholine rings is 2. The summed E-state index contributed by atoms with van der Waals surface area (Å²) in [7, 11) is 0. The summed E-state index contributed by atoms with van der Waals surface area (Å²) >= 11 is 0. The van der Waals surface area contributed by atoms with Crippen LogP contribution in [0.5, 0.6) is 0 Å². The highest BCUT2D eigenvalue weighted by Gasteiger charge is 2.26. The Balaban J connectivity index is 1.83. The highest BCUT2D eigenvalue weighted by atomic mass is 16.5. The SMILES string of the molecule is CCN1CCOC(N2CCOCC2)C1. The first-order chi connectivity index (χ1) is 6.90. The molecule has 0 saturated carbocycles. The Hall–Kier alpha value is -0.160. The third-order valence-corrected chi connectivity index (χ3v) is 3.03. The molecule has 0 aromatic heterocycles. The van der Waals surface area contributed by atoms with Crippen LogP contribution in [0.1, 0.15) is 6.92 Å². The molecule has 2 heterocycles. The normalized spacial score (nSPS) is 31.9. The van der Waals surface area contributed by atoms with E-state index >= 15 is 0 Å². The van der Waals surface area contributed by atoms with E-state index < -0.39 is 0 Å². The molecule has 14 heavy (non-hydrogen) atoms. The lowest BCUT2D eigenvalue weighted by atomic mass is 10.3. The Bertz CT molecular complexity index is 172. The van der Waals surface area contributed by atoms with Crippen molar-refractivity contribution in [1.29, 1.82) is 0 Å². The van der Waals surface area contributed by atoms with E-state index in [0.717, 1.165) is 52.5 Å². The number of rotatable bonds is 2. The molecule has 0 radical (unpaired) electrons. The van der Waals surface area contributed by atoms with Crippen LogP contribution >= 0.6 is 0 Å². The molecule has 0 aliphatic carbocycles. The maximum Gasteiger partial charge on any atom is 0.123 e. The number of hydrogen-bond donors (Lipinski definition) is 0. The molecular formula is C10H20N2O2. The van der Waals surface area contributed by atoms with Gasteiger partial charge in [-0.25, -0.2) is 0 Å². The maximum absolute atomic E-state index is 5.78. The number of likely N-dealkylation sites (N-methyl/N-ethyl adjacent to an activating group) is 1. The van der Waals surface area contributed by atoms with Crippen molar-refractivity contribution >= 4 is 0 Å². The van der Waals surface area contributed by atoms with E-state index in [4.69, 9.17) is 9.47 Å². The van der Waals surface area contributed by atoms with Gasteiger partial charge in [-0.1, -0.05) is 6.92 Å². The van der Waals surface area contributed by atoms with Crippen LogP contribution in [-0.4, -0.2) is 68.6 Å². The van der Waals surface area contributed by atoms with Crippen molar-refractivity contribution in [3.05, 3.63) is 0 Å². The van der Waals surface area contributed by atoms with Crippen LogP contribution in [0, 0.1) is 0 Å². The van der Waals surface area contributed by atoms with Gasteiger partial charge in [0, 0.05) is 26.2 Å². The molecule has 0 bridgehead atoms. The molecule has 2 fully saturated rings. The van der Waals surface area contributed by atoms with Crippen molar-refractivity contribution in [3.8, 4) is 0 Å². The Morgan fingerprint density at radius 2 is 1.93 bits per heavy atom. The average molecular weight is 200 g/mol. The highest BCUT2D eigenvalue weighted by Crippen LogP contribution is 2.11. The zero-order valence-corrected chi connectivity index (χ0v) is 8.95. The minimum absolute atomic E-state index is 0.299. The first kappa shape index (κ1) is 10.4. The number of nitrogens with zero attached hydrogens (tertiary/aromatic N) is 2. The molecule has 0 N–H and O–H groups in total. The summed E-state index contributed by atoms with van der Waals surface area (Å²) in [5.41, 5.74) is 0. The van der Waals surface area contributed by atoms with E-state index in [2.05, 4.69) is 16.7 Å². The summed E-state index contributed by atoms with van der Waals surface area (Å²) in [6.07, 6.45) is 0.299. The minimum Gasteiger partial charge on any atom is -0.379 e. The van der Waals surface area contributed by atoms with E-state index in [1.54, 1.807) is 0 Å². The summed E-state index contributed by atoms with van der Waals surface area (Å²) < 4.78 is 11.1. The first-order valence-electron chi connectivity index (χ1n) is 5.56. The Kier molecular flexibility index (Phi) is 3.75. The largest absolute Gasteiger partial charge is 0.379 e. The van der Waals surface area contributed by atoms with Gasteiger partial charge in [-0.15, -0.1) is 0 Å². The molecule has 0 spiro atoms. The van der Waals surface area contributed by atoms with E-state index in [-0.39, 0.29) is 0 Å². The summed E-state index contributed by atoms with van der Waals surface area (Å²) in [5, 5.41) is 0. The smallest absolute Gasteiger partial charge is 0.123 e. The molecule has 82 valence electrons. The van der Waals surface area contributed by atoms with Crippen LogP contribution in [0.4, 0.5) is 0 Å². The van der Waals surface area contributed by atoms with Gasteiger partial charge in [0.1, 0.15) is 6.23 Å². The summed E-state index contributed by atoms with van der Waals surface area (Å²) in [6.45, 7) is 10.1. The standard InChI is InChI=1S/C10H20N2O2/c1-2-11-3-8-14-10(9-11)12-4-6-13-7-5-12/h10H,2-9H2,1H3. The van der Waals surface area contributed by atoms with Gasteiger partial charge in [-0.05, 0) is 6.54 Å². The lowest BCUT2D eigenvalue weighted by molar-refractivity contribution is -0.133. The second kappa shape index (κ2) is 5.07. The molecule has 2 saturated heterocycles. The molecule has 0 amide bonds. The topological polar surface area (TPSA) is 24.9 Å². The van der Waals surface area contributed by atoms with Crippen LogP contribution in [0.2, 0.25) is 0 Å². The van der Waals surface area contributed by atoms with E-state index in [0.29, 0.717) is 6.23 Å². The quantitative estimate of drug-likeness (QED) is 0.626. The third kappa shape index (κ3) is 2.45. The number of ether oxygens (including phenoxy) is 2. The predicted octanol–water partition coefficient (Wildman–Crippen LogP) is -0.00320. The second-order valence-corrected chi connectivity index (χ2v) is 3.87. The van der Waals surface area contributed by atoms with Crippen LogP contribution in [0.3, 0.4) is 0 Å². The first-order valence-corrected chi connectivity index (χ1v) is 5.56. The third-order valence-electron chi connectivity index (χ3n) is 3.03. The second-order valence-electron chi connectivity index (χ2n) is 3.87. The van der Waals surface area contributed by atoms with Crippen molar-refractivity contribution in [2.24, 2.45) is 0 Å². The molecule has 4 heteroatoms. The average Bonchev–Trinajstić information content (AvgIpc) is 2.30. The Morgan fingerprint density at radius 1 is 1.14 bits per heavy atom. The van der Waals surface area contributed by atoms with Crippen molar-refractivity contribution in [2.45, 2.75) is 13.2 Å². The van der Waals surface area contributed by atoms with Gasteiger partial charge in [-0.2, -0.15) is 0 Å². The fourth-order valence-electron chi connectivity index (χ4n) is 2.06. The summed E-state index contributed by atoms with van der Waals surface area (Å²) in [5.74, 6) is 0. The zero-order chi connectivity index (χ0) is 9.80. The van der Waals surface area contributed by atoms with Gasteiger partial charge >= 0.3 is 0 Å². The molecule has 1 unspecified atom stereocenters. The molecule has 2 aliphatic rings. The summed E-state index contributed by atoms with van der Waals surface area (Å²) in [6, 6.07) is 0. The van der Waals surface area contributed by atoms with Crippen molar-refractivity contribution in [3.63, 3.8) is 0 Å². The molecule has 2 aliphatic heterocycles. The van der Waals surface area contributed by atoms with E-state index in [1.165, 1.54) is 0 Å². The fourth-order valence-corrected chi connectivity index (χ4v) is 2.06. The predicted molar refractivity (Wildman–Crippen MR) is 54.2 cm³/mol. The lowest BCUT2D eigenvalue weighted by Gasteiger charge is -2.40. The molecule has 0 aromatic carbocycles. The molecular weight excluding hydrogens is 180 g/mol. The maximum atomic E-state index is 5.78. The minimum atomic E-state index is 0.299. The van der Waals surface area contributed by atoms with Crippen LogP contribution in [0.25, 0.3) is 0 Å². The van der Waals surface area contributed by atoms with Crippen molar-refractivity contribution < 1.29 is 9.47 Å². The van der Waals surface area contributed by atoms with Gasteiger partial charge in [0.25, 0.3) is 0 Å². The Labute approximate surface area is 85.8 Å².